The smallest absolute Gasteiger partial charge is 0.316 e. The van der Waals surface area contributed by atoms with E-state index in [9.17, 15) is 13.2 Å². The first kappa shape index (κ1) is 12.2. The third-order valence-corrected chi connectivity index (χ3v) is 4.18. The summed E-state index contributed by atoms with van der Waals surface area (Å²) >= 11 is 0. The van der Waals surface area contributed by atoms with Gasteiger partial charge in [-0.05, 0) is 37.6 Å². The zero-order chi connectivity index (χ0) is 11.9. The third kappa shape index (κ3) is 2.07. The first-order valence-electron chi connectivity index (χ1n) is 5.96. The molecule has 2 nitrogen and oxygen atoms in total. The lowest BCUT2D eigenvalue weighted by Gasteiger charge is -2.31. The van der Waals surface area contributed by atoms with Crippen molar-refractivity contribution in [3.05, 3.63) is 0 Å². The molecule has 0 aromatic heterocycles. The molecule has 1 atom stereocenters. The van der Waals surface area contributed by atoms with Crippen molar-refractivity contribution in [1.82, 2.24) is 10.6 Å². The van der Waals surface area contributed by atoms with Crippen molar-refractivity contribution in [3.8, 4) is 0 Å². The molecule has 16 heavy (non-hydrogen) atoms. The highest BCUT2D eigenvalue weighted by atomic mass is 19.4. The molecule has 5 heteroatoms. The standard InChI is InChI=1S/C11H19F3N2/c1-2-9(5-6-15-7-9)8-16-10(3-4-10)11(12,13)14/h15-16H,2-8H2,1H3. The normalized spacial score (nSPS) is 33.0. The summed E-state index contributed by atoms with van der Waals surface area (Å²) in [5, 5.41) is 6.02. The van der Waals surface area contributed by atoms with Crippen molar-refractivity contribution in [3.63, 3.8) is 0 Å². The van der Waals surface area contributed by atoms with Crippen LogP contribution in [0.2, 0.25) is 0 Å². The van der Waals surface area contributed by atoms with Gasteiger partial charge in [0.2, 0.25) is 0 Å². The molecule has 2 N–H and O–H groups in total. The van der Waals surface area contributed by atoms with E-state index in [-0.39, 0.29) is 18.3 Å². The van der Waals surface area contributed by atoms with Crippen LogP contribution < -0.4 is 10.6 Å². The van der Waals surface area contributed by atoms with Crippen LogP contribution in [0.5, 0.6) is 0 Å². The minimum Gasteiger partial charge on any atom is -0.316 e. The lowest BCUT2D eigenvalue weighted by molar-refractivity contribution is -0.167. The van der Waals surface area contributed by atoms with E-state index in [1.807, 2.05) is 0 Å². The number of rotatable bonds is 4. The van der Waals surface area contributed by atoms with Crippen LogP contribution in [0.3, 0.4) is 0 Å². The Kier molecular flexibility index (Phi) is 2.95. The molecule has 1 saturated heterocycles. The molecule has 94 valence electrons. The molecule has 1 unspecified atom stereocenters. The van der Waals surface area contributed by atoms with Crippen molar-refractivity contribution in [2.24, 2.45) is 5.41 Å². The second-order valence-corrected chi connectivity index (χ2v) is 5.21. The molecule has 0 aromatic carbocycles. The molecular formula is C11H19F3N2. The second-order valence-electron chi connectivity index (χ2n) is 5.21. The molecule has 0 aromatic rings. The van der Waals surface area contributed by atoms with Crippen LogP contribution in [0.1, 0.15) is 32.6 Å². The molecule has 1 aliphatic heterocycles. The summed E-state index contributed by atoms with van der Waals surface area (Å²) in [7, 11) is 0. The van der Waals surface area contributed by atoms with Gasteiger partial charge in [0.05, 0.1) is 0 Å². The Morgan fingerprint density at radius 3 is 2.31 bits per heavy atom. The fourth-order valence-electron chi connectivity index (χ4n) is 2.42. The maximum absolute atomic E-state index is 12.7. The largest absolute Gasteiger partial charge is 0.406 e. The van der Waals surface area contributed by atoms with Gasteiger partial charge in [0.15, 0.2) is 0 Å². The van der Waals surface area contributed by atoms with E-state index in [0.717, 1.165) is 25.9 Å². The van der Waals surface area contributed by atoms with Crippen molar-refractivity contribution in [1.29, 1.82) is 0 Å². The summed E-state index contributed by atoms with van der Waals surface area (Å²) in [6, 6.07) is 0. The van der Waals surface area contributed by atoms with Crippen molar-refractivity contribution in [2.75, 3.05) is 19.6 Å². The quantitative estimate of drug-likeness (QED) is 0.780. The Balaban J connectivity index is 1.92. The minimum absolute atomic E-state index is 0.0286. The maximum atomic E-state index is 12.7. The predicted molar refractivity (Wildman–Crippen MR) is 56.2 cm³/mol. The monoisotopic (exact) mass is 236 g/mol. The van der Waals surface area contributed by atoms with Crippen molar-refractivity contribution < 1.29 is 13.2 Å². The average Bonchev–Trinajstić information content (AvgIpc) is 2.89. The summed E-state index contributed by atoms with van der Waals surface area (Å²) in [4.78, 5) is 0. The van der Waals surface area contributed by atoms with Gasteiger partial charge < -0.3 is 10.6 Å². The molecule has 0 radical (unpaired) electrons. The molecular weight excluding hydrogens is 217 g/mol. The zero-order valence-corrected chi connectivity index (χ0v) is 9.58. The number of nitrogens with one attached hydrogen (secondary N) is 2. The summed E-state index contributed by atoms with van der Waals surface area (Å²) in [6.45, 7) is 4.30. The van der Waals surface area contributed by atoms with E-state index < -0.39 is 11.7 Å². The minimum atomic E-state index is -4.09. The Bertz CT molecular complexity index is 250. The van der Waals surface area contributed by atoms with Gasteiger partial charge in [-0.1, -0.05) is 6.92 Å². The second kappa shape index (κ2) is 3.88. The fraction of sp³-hybridized carbons (Fsp3) is 1.00. The Morgan fingerprint density at radius 2 is 1.94 bits per heavy atom. The zero-order valence-electron chi connectivity index (χ0n) is 9.58. The van der Waals surface area contributed by atoms with Crippen LogP contribution >= 0.6 is 0 Å². The van der Waals surface area contributed by atoms with Crippen molar-refractivity contribution in [2.45, 2.75) is 44.3 Å². The van der Waals surface area contributed by atoms with E-state index >= 15 is 0 Å². The van der Waals surface area contributed by atoms with Crippen LogP contribution in [0, 0.1) is 5.41 Å². The van der Waals surface area contributed by atoms with Crippen LogP contribution in [-0.2, 0) is 0 Å². The highest BCUT2D eigenvalue weighted by Gasteiger charge is 2.63. The van der Waals surface area contributed by atoms with Crippen LogP contribution in [0.4, 0.5) is 13.2 Å². The molecule has 2 aliphatic rings. The third-order valence-electron chi connectivity index (χ3n) is 4.18. The summed E-state index contributed by atoms with van der Waals surface area (Å²) in [5.41, 5.74) is -1.53. The molecule has 0 spiro atoms. The first-order valence-corrected chi connectivity index (χ1v) is 5.96. The Hall–Kier alpha value is -0.290. The van der Waals surface area contributed by atoms with Gasteiger partial charge in [-0.15, -0.1) is 0 Å². The molecule has 2 fully saturated rings. The molecule has 1 saturated carbocycles. The van der Waals surface area contributed by atoms with Gasteiger partial charge in [0, 0.05) is 13.1 Å². The Morgan fingerprint density at radius 1 is 1.25 bits per heavy atom. The predicted octanol–water partition coefficient (Wildman–Crippen LogP) is 2.06. The van der Waals surface area contributed by atoms with Gasteiger partial charge in [-0.2, -0.15) is 13.2 Å². The van der Waals surface area contributed by atoms with Gasteiger partial charge in [-0.3, -0.25) is 0 Å². The summed E-state index contributed by atoms with van der Waals surface area (Å²) in [5.74, 6) is 0. The van der Waals surface area contributed by atoms with Crippen LogP contribution in [-0.4, -0.2) is 31.3 Å². The van der Waals surface area contributed by atoms with E-state index in [2.05, 4.69) is 17.6 Å². The highest BCUT2D eigenvalue weighted by molar-refractivity contribution is 5.09. The van der Waals surface area contributed by atoms with Gasteiger partial charge in [-0.25, -0.2) is 0 Å². The molecule has 0 bridgehead atoms. The Labute approximate surface area is 94.0 Å². The number of hydrogen-bond donors (Lipinski definition) is 2. The van der Waals surface area contributed by atoms with E-state index in [1.54, 1.807) is 0 Å². The lowest BCUT2D eigenvalue weighted by atomic mass is 9.84. The summed E-state index contributed by atoms with van der Waals surface area (Å²) in [6.07, 6.45) is -1.70. The molecule has 2 rings (SSSR count). The van der Waals surface area contributed by atoms with Gasteiger partial charge >= 0.3 is 6.18 Å². The molecule has 0 amide bonds. The maximum Gasteiger partial charge on any atom is 0.406 e. The number of alkyl halides is 3. The van der Waals surface area contributed by atoms with E-state index in [0.29, 0.717) is 6.54 Å². The van der Waals surface area contributed by atoms with Gasteiger partial charge in [0.1, 0.15) is 5.54 Å². The first-order chi connectivity index (χ1) is 7.43. The number of halogens is 3. The van der Waals surface area contributed by atoms with Gasteiger partial charge in [0.25, 0.3) is 0 Å². The average molecular weight is 236 g/mol. The fourth-order valence-corrected chi connectivity index (χ4v) is 2.42. The number of hydrogen-bond acceptors (Lipinski definition) is 2. The molecule has 1 aliphatic carbocycles. The van der Waals surface area contributed by atoms with E-state index in [4.69, 9.17) is 0 Å². The lowest BCUT2D eigenvalue weighted by Crippen LogP contribution is -2.49. The molecule has 1 heterocycles. The van der Waals surface area contributed by atoms with Crippen molar-refractivity contribution >= 4 is 0 Å². The summed E-state index contributed by atoms with van der Waals surface area (Å²) < 4.78 is 38.2. The van der Waals surface area contributed by atoms with E-state index in [1.165, 1.54) is 0 Å². The van der Waals surface area contributed by atoms with Crippen LogP contribution in [0.15, 0.2) is 0 Å². The SMILES string of the molecule is CCC1(CNC2(C(F)(F)F)CC2)CCNC1. The van der Waals surface area contributed by atoms with Crippen LogP contribution in [0.25, 0.3) is 0 Å². The highest BCUT2D eigenvalue weighted by Crippen LogP contribution is 2.49. The topological polar surface area (TPSA) is 24.1 Å².